The van der Waals surface area contributed by atoms with Crippen LogP contribution in [-0.4, -0.2) is 35.1 Å². The molecule has 6 heteroatoms. The molecule has 4 nitrogen and oxygen atoms in total. The number of halogens is 1. The Morgan fingerprint density at radius 3 is 3.05 bits per heavy atom. The number of carbonyl (C=O) groups is 1. The van der Waals surface area contributed by atoms with Gasteiger partial charge in [-0.15, -0.1) is 24.2 Å². The van der Waals surface area contributed by atoms with Crippen LogP contribution >= 0.6 is 24.2 Å². The van der Waals surface area contributed by atoms with Crippen molar-refractivity contribution < 1.29 is 4.79 Å². The number of aromatic amines is 1. The van der Waals surface area contributed by atoms with Crippen molar-refractivity contribution in [1.29, 1.82) is 0 Å². The molecule has 21 heavy (non-hydrogen) atoms. The first-order valence-corrected chi connectivity index (χ1v) is 8.14. The number of carbonyl (C=O) groups excluding carboxylic acids is 1. The quantitative estimate of drug-likeness (QED) is 0.739. The highest BCUT2D eigenvalue weighted by Crippen LogP contribution is 2.18. The maximum absolute atomic E-state index is 11.8. The molecule has 0 bridgehead atoms. The Morgan fingerprint density at radius 2 is 2.24 bits per heavy atom. The lowest BCUT2D eigenvalue weighted by atomic mass is 10.1. The zero-order valence-corrected chi connectivity index (χ0v) is 13.4. The number of thioether (sulfide) groups is 1. The van der Waals surface area contributed by atoms with Gasteiger partial charge < -0.3 is 10.3 Å². The molecule has 0 saturated carbocycles. The minimum Gasteiger partial charge on any atom is -0.361 e. The highest BCUT2D eigenvalue weighted by molar-refractivity contribution is 7.99. The molecule has 1 amide bonds. The van der Waals surface area contributed by atoms with E-state index in [4.69, 9.17) is 0 Å². The van der Waals surface area contributed by atoms with Gasteiger partial charge in [-0.3, -0.25) is 10.1 Å². The van der Waals surface area contributed by atoms with Crippen molar-refractivity contribution in [3.63, 3.8) is 0 Å². The Balaban J connectivity index is 0.00000161. The fourth-order valence-corrected chi connectivity index (χ4v) is 3.46. The van der Waals surface area contributed by atoms with Crippen molar-refractivity contribution in [3.05, 3.63) is 36.0 Å². The minimum atomic E-state index is -0.00640. The van der Waals surface area contributed by atoms with Crippen LogP contribution in [0.15, 0.2) is 30.5 Å². The molecule has 2 aromatic rings. The Kier molecular flexibility index (Phi) is 5.96. The van der Waals surface area contributed by atoms with E-state index in [1.165, 1.54) is 16.5 Å². The second-order valence-corrected chi connectivity index (χ2v) is 6.06. The van der Waals surface area contributed by atoms with Gasteiger partial charge in [0.15, 0.2) is 0 Å². The number of nitrogens with one attached hydrogen (secondary N) is 3. The smallest absolute Gasteiger partial charge is 0.238 e. The predicted octanol–water partition coefficient (Wildman–Crippen LogP) is 2.30. The van der Waals surface area contributed by atoms with Crippen LogP contribution in [0.25, 0.3) is 10.9 Å². The summed E-state index contributed by atoms with van der Waals surface area (Å²) < 4.78 is 0. The first-order valence-electron chi connectivity index (χ1n) is 6.98. The van der Waals surface area contributed by atoms with E-state index in [1.807, 2.05) is 6.07 Å². The van der Waals surface area contributed by atoms with Crippen molar-refractivity contribution in [2.24, 2.45) is 0 Å². The van der Waals surface area contributed by atoms with Gasteiger partial charge in [-0.1, -0.05) is 18.2 Å². The lowest BCUT2D eigenvalue weighted by Crippen LogP contribution is -2.42. The molecule has 3 N–H and O–H groups in total. The fraction of sp³-hybridized carbons (Fsp3) is 0.400. The molecule has 0 radical (unpaired) electrons. The van der Waals surface area contributed by atoms with Gasteiger partial charge in [0, 0.05) is 35.3 Å². The summed E-state index contributed by atoms with van der Waals surface area (Å²) in [6.45, 7) is 0.737. The summed E-state index contributed by atoms with van der Waals surface area (Å²) in [5.74, 6) is 1.90. The van der Waals surface area contributed by atoms with Gasteiger partial charge in [-0.05, 0) is 24.5 Å². The zero-order chi connectivity index (χ0) is 13.8. The van der Waals surface area contributed by atoms with Gasteiger partial charge >= 0.3 is 0 Å². The normalized spacial score (nSPS) is 17.6. The molecule has 1 aliphatic heterocycles. The molecule has 114 valence electrons. The molecule has 2 heterocycles. The number of benzene rings is 1. The largest absolute Gasteiger partial charge is 0.361 e. The second kappa shape index (κ2) is 7.73. The number of aromatic nitrogens is 1. The topological polar surface area (TPSA) is 56.9 Å². The second-order valence-electron chi connectivity index (χ2n) is 5.03. The number of H-pyrrole nitrogens is 1. The fourth-order valence-electron chi connectivity index (χ4n) is 2.52. The average Bonchev–Trinajstić information content (AvgIpc) is 3.13. The standard InChI is InChI=1S/C15H19N3OS.ClH/c19-15(14-9-20-10-18-14)16-7-3-4-11-8-17-13-6-2-1-5-12(11)13;/h1-2,5-6,8,14,17-18H,3-4,7,9-10H2,(H,16,19);1H. The van der Waals surface area contributed by atoms with Gasteiger partial charge in [-0.2, -0.15) is 0 Å². The molecule has 3 rings (SSSR count). The highest BCUT2D eigenvalue weighted by Gasteiger charge is 2.21. The molecular formula is C15H20ClN3OS. The van der Waals surface area contributed by atoms with E-state index >= 15 is 0 Å². The van der Waals surface area contributed by atoms with E-state index in [1.54, 1.807) is 11.8 Å². The van der Waals surface area contributed by atoms with Crippen LogP contribution in [0.2, 0.25) is 0 Å². The maximum atomic E-state index is 11.8. The van der Waals surface area contributed by atoms with E-state index in [2.05, 4.69) is 40.0 Å². The Labute approximate surface area is 134 Å². The van der Waals surface area contributed by atoms with Crippen molar-refractivity contribution >= 4 is 41.0 Å². The van der Waals surface area contributed by atoms with Crippen molar-refractivity contribution in [2.45, 2.75) is 18.9 Å². The Bertz CT molecular complexity index is 595. The zero-order valence-electron chi connectivity index (χ0n) is 11.7. The maximum Gasteiger partial charge on any atom is 0.238 e. The Hall–Kier alpha value is -1.17. The summed E-state index contributed by atoms with van der Waals surface area (Å²) >= 11 is 1.77. The summed E-state index contributed by atoms with van der Waals surface area (Å²) in [6, 6.07) is 8.32. The molecule has 1 fully saturated rings. The molecule has 0 aliphatic carbocycles. The van der Waals surface area contributed by atoms with Gasteiger partial charge in [0.25, 0.3) is 0 Å². The minimum absolute atomic E-state index is 0. The van der Waals surface area contributed by atoms with Crippen LogP contribution in [0.3, 0.4) is 0 Å². The summed E-state index contributed by atoms with van der Waals surface area (Å²) in [7, 11) is 0. The molecular weight excluding hydrogens is 306 g/mol. The molecule has 1 aliphatic rings. The summed E-state index contributed by atoms with van der Waals surface area (Å²) in [5.41, 5.74) is 2.50. The van der Waals surface area contributed by atoms with Gasteiger partial charge in [0.2, 0.25) is 5.91 Å². The first-order chi connectivity index (χ1) is 9.84. The van der Waals surface area contributed by atoms with Crippen molar-refractivity contribution in [1.82, 2.24) is 15.6 Å². The highest BCUT2D eigenvalue weighted by atomic mass is 35.5. The van der Waals surface area contributed by atoms with E-state index in [0.29, 0.717) is 0 Å². The summed E-state index contributed by atoms with van der Waals surface area (Å²) in [4.78, 5) is 15.1. The molecule has 0 spiro atoms. The third-order valence-corrected chi connectivity index (χ3v) is 4.57. The van der Waals surface area contributed by atoms with Crippen LogP contribution in [0.5, 0.6) is 0 Å². The number of rotatable bonds is 5. The van der Waals surface area contributed by atoms with E-state index in [9.17, 15) is 4.79 Å². The van der Waals surface area contributed by atoms with Crippen LogP contribution < -0.4 is 10.6 Å². The lowest BCUT2D eigenvalue weighted by Gasteiger charge is -2.10. The average molecular weight is 326 g/mol. The summed E-state index contributed by atoms with van der Waals surface area (Å²) in [6.07, 6.45) is 4.02. The molecule has 1 aromatic heterocycles. The van der Waals surface area contributed by atoms with Gasteiger partial charge in [0.1, 0.15) is 0 Å². The first kappa shape index (κ1) is 16.2. The molecule has 1 unspecified atom stereocenters. The van der Waals surface area contributed by atoms with Crippen molar-refractivity contribution in [2.75, 3.05) is 18.2 Å². The van der Waals surface area contributed by atoms with Gasteiger partial charge in [-0.25, -0.2) is 0 Å². The predicted molar refractivity (Wildman–Crippen MR) is 91.1 cm³/mol. The van der Waals surface area contributed by atoms with E-state index in [-0.39, 0.29) is 24.4 Å². The SMILES string of the molecule is Cl.O=C(NCCCc1c[nH]c2ccccc12)C1CSCN1. The number of hydrogen-bond donors (Lipinski definition) is 3. The number of para-hydroxylation sites is 1. The third-order valence-electron chi connectivity index (χ3n) is 3.63. The number of aryl methyl sites for hydroxylation is 1. The third kappa shape index (κ3) is 3.93. The number of amides is 1. The lowest BCUT2D eigenvalue weighted by molar-refractivity contribution is -0.122. The van der Waals surface area contributed by atoms with Crippen LogP contribution in [0.1, 0.15) is 12.0 Å². The molecule has 1 atom stereocenters. The van der Waals surface area contributed by atoms with Crippen LogP contribution in [-0.2, 0) is 11.2 Å². The summed E-state index contributed by atoms with van der Waals surface area (Å²) in [5, 5.41) is 7.48. The van der Waals surface area contributed by atoms with Crippen LogP contribution in [0, 0.1) is 0 Å². The molecule has 1 saturated heterocycles. The number of hydrogen-bond acceptors (Lipinski definition) is 3. The van der Waals surface area contributed by atoms with Crippen LogP contribution in [0.4, 0.5) is 0 Å². The Morgan fingerprint density at radius 1 is 1.38 bits per heavy atom. The van der Waals surface area contributed by atoms with Gasteiger partial charge in [0.05, 0.1) is 6.04 Å². The van der Waals surface area contributed by atoms with Crippen molar-refractivity contribution in [3.8, 4) is 0 Å². The monoisotopic (exact) mass is 325 g/mol. The number of fused-ring (bicyclic) bond motifs is 1. The van der Waals surface area contributed by atoms with E-state index in [0.717, 1.165) is 31.0 Å². The molecule has 1 aromatic carbocycles. The van der Waals surface area contributed by atoms with E-state index < -0.39 is 0 Å².